The lowest BCUT2D eigenvalue weighted by molar-refractivity contribution is 0.503. The van der Waals surface area contributed by atoms with Crippen molar-refractivity contribution in [2.45, 2.75) is 25.9 Å². The quantitative estimate of drug-likeness (QED) is 0.919. The molecule has 2 aromatic rings. The van der Waals surface area contributed by atoms with E-state index in [2.05, 4.69) is 38.3 Å². The highest BCUT2D eigenvalue weighted by molar-refractivity contribution is 9.10. The average Bonchev–Trinajstić information content (AvgIpc) is 2.94. The van der Waals surface area contributed by atoms with E-state index in [1.807, 2.05) is 17.8 Å². The molecule has 17 heavy (non-hydrogen) atoms. The Hall–Kier alpha value is -1.14. The summed E-state index contributed by atoms with van der Waals surface area (Å²) >= 11 is 3.40. The maximum atomic E-state index is 5.26. The lowest BCUT2D eigenvalue weighted by Gasteiger charge is -2.14. The highest BCUT2D eigenvalue weighted by atomic mass is 79.9. The molecule has 5 nitrogen and oxygen atoms in total. The molecule has 1 atom stereocenters. The van der Waals surface area contributed by atoms with Crippen LogP contribution in [0.5, 0.6) is 0 Å². The molecule has 0 amide bonds. The molecule has 1 N–H and O–H groups in total. The van der Waals surface area contributed by atoms with Crippen LogP contribution in [-0.2, 0) is 13.0 Å². The molecule has 2 aromatic heterocycles. The third-order valence-corrected chi connectivity index (χ3v) is 3.40. The van der Waals surface area contributed by atoms with Crippen molar-refractivity contribution in [1.29, 1.82) is 0 Å². The highest BCUT2D eigenvalue weighted by Gasteiger charge is 2.17. The number of aryl methyl sites for hydroxylation is 1. The molecule has 0 saturated carbocycles. The van der Waals surface area contributed by atoms with E-state index in [-0.39, 0.29) is 6.04 Å². The van der Waals surface area contributed by atoms with Crippen LogP contribution in [0.15, 0.2) is 27.7 Å². The van der Waals surface area contributed by atoms with Gasteiger partial charge in [-0.1, -0.05) is 0 Å². The van der Waals surface area contributed by atoms with Gasteiger partial charge in [-0.3, -0.25) is 4.68 Å². The second-order valence-electron chi connectivity index (χ2n) is 3.69. The minimum atomic E-state index is 0.164. The normalized spacial score (nSPS) is 12.9. The van der Waals surface area contributed by atoms with Gasteiger partial charge in [0.1, 0.15) is 12.2 Å². The number of furan rings is 1. The molecular weight excluding hydrogens is 284 g/mol. The first-order valence-corrected chi connectivity index (χ1v) is 6.32. The summed E-state index contributed by atoms with van der Waals surface area (Å²) in [4.78, 5) is 4.28. The van der Waals surface area contributed by atoms with Gasteiger partial charge in [0.15, 0.2) is 4.67 Å². The standard InChI is InChI=1S/C11H15BrN4O/c1-3-16-10(14-7-15-16)6-9(13-2)8-4-5-17-11(8)12/h4-5,7,9,13H,3,6H2,1-2H3. The Balaban J connectivity index is 2.19. The van der Waals surface area contributed by atoms with E-state index < -0.39 is 0 Å². The van der Waals surface area contributed by atoms with Crippen molar-refractivity contribution in [3.8, 4) is 0 Å². The van der Waals surface area contributed by atoms with Crippen LogP contribution in [-0.4, -0.2) is 21.8 Å². The predicted molar refractivity (Wildman–Crippen MR) is 67.6 cm³/mol. The highest BCUT2D eigenvalue weighted by Crippen LogP contribution is 2.26. The van der Waals surface area contributed by atoms with Gasteiger partial charge in [-0.25, -0.2) is 4.98 Å². The maximum Gasteiger partial charge on any atom is 0.173 e. The first-order valence-electron chi connectivity index (χ1n) is 5.53. The van der Waals surface area contributed by atoms with Crippen molar-refractivity contribution >= 4 is 15.9 Å². The third-order valence-electron chi connectivity index (χ3n) is 2.75. The van der Waals surface area contributed by atoms with Crippen LogP contribution < -0.4 is 5.32 Å². The number of nitrogens with one attached hydrogen (secondary N) is 1. The molecule has 0 spiro atoms. The molecule has 0 fully saturated rings. The summed E-state index contributed by atoms with van der Waals surface area (Å²) in [5, 5.41) is 7.43. The zero-order valence-corrected chi connectivity index (χ0v) is 11.4. The van der Waals surface area contributed by atoms with E-state index in [4.69, 9.17) is 4.42 Å². The van der Waals surface area contributed by atoms with Crippen LogP contribution in [0, 0.1) is 0 Å². The molecular formula is C11H15BrN4O. The number of nitrogens with zero attached hydrogens (tertiary/aromatic N) is 3. The zero-order valence-electron chi connectivity index (χ0n) is 9.85. The number of halogens is 1. The largest absolute Gasteiger partial charge is 0.457 e. The molecule has 92 valence electrons. The number of likely N-dealkylation sites (N-methyl/N-ethyl adjacent to an activating group) is 1. The number of hydrogen-bond donors (Lipinski definition) is 1. The van der Waals surface area contributed by atoms with Crippen molar-refractivity contribution in [2.24, 2.45) is 0 Å². The predicted octanol–water partition coefficient (Wildman–Crippen LogP) is 2.16. The fourth-order valence-electron chi connectivity index (χ4n) is 1.81. The van der Waals surface area contributed by atoms with E-state index >= 15 is 0 Å². The van der Waals surface area contributed by atoms with Gasteiger partial charge in [-0.15, -0.1) is 0 Å². The summed E-state index contributed by atoms with van der Waals surface area (Å²) in [6.45, 7) is 2.89. The van der Waals surface area contributed by atoms with Gasteiger partial charge in [-0.2, -0.15) is 5.10 Å². The number of rotatable bonds is 5. The van der Waals surface area contributed by atoms with Crippen LogP contribution in [0.3, 0.4) is 0 Å². The third kappa shape index (κ3) is 2.58. The van der Waals surface area contributed by atoms with Crippen LogP contribution in [0.2, 0.25) is 0 Å². The molecule has 0 saturated heterocycles. The fraction of sp³-hybridized carbons (Fsp3) is 0.455. The number of hydrogen-bond acceptors (Lipinski definition) is 4. The van der Waals surface area contributed by atoms with Crippen molar-refractivity contribution in [1.82, 2.24) is 20.1 Å². The SMILES string of the molecule is CCn1ncnc1CC(NC)c1ccoc1Br. The summed E-state index contributed by atoms with van der Waals surface area (Å²) in [5.74, 6) is 0.972. The van der Waals surface area contributed by atoms with E-state index in [1.54, 1.807) is 12.6 Å². The number of aromatic nitrogens is 3. The first-order chi connectivity index (χ1) is 8.26. The lowest BCUT2D eigenvalue weighted by Crippen LogP contribution is -2.21. The Morgan fingerprint density at radius 3 is 3.00 bits per heavy atom. The first kappa shape index (κ1) is 12.3. The monoisotopic (exact) mass is 298 g/mol. The maximum absolute atomic E-state index is 5.26. The van der Waals surface area contributed by atoms with Gasteiger partial charge in [0.25, 0.3) is 0 Å². The Bertz CT molecular complexity index is 479. The molecule has 0 aliphatic heterocycles. The summed E-state index contributed by atoms with van der Waals surface area (Å²) in [6.07, 6.45) is 4.05. The van der Waals surface area contributed by atoms with Crippen LogP contribution in [0.4, 0.5) is 0 Å². The minimum absolute atomic E-state index is 0.164. The Morgan fingerprint density at radius 1 is 1.59 bits per heavy atom. The van der Waals surface area contributed by atoms with E-state index in [0.717, 1.165) is 29.0 Å². The van der Waals surface area contributed by atoms with Crippen LogP contribution >= 0.6 is 15.9 Å². The molecule has 0 aromatic carbocycles. The molecule has 0 aliphatic rings. The molecule has 6 heteroatoms. The second kappa shape index (κ2) is 5.46. The Kier molecular flexibility index (Phi) is 3.96. The van der Waals surface area contributed by atoms with Crippen molar-refractivity contribution < 1.29 is 4.42 Å². The van der Waals surface area contributed by atoms with E-state index in [0.29, 0.717) is 0 Å². The Labute approximate surface area is 108 Å². The van der Waals surface area contributed by atoms with Crippen molar-refractivity contribution in [3.05, 3.63) is 34.7 Å². The van der Waals surface area contributed by atoms with Crippen molar-refractivity contribution in [3.63, 3.8) is 0 Å². The molecule has 2 heterocycles. The topological polar surface area (TPSA) is 55.9 Å². The van der Waals surface area contributed by atoms with Gasteiger partial charge >= 0.3 is 0 Å². The summed E-state index contributed by atoms with van der Waals surface area (Å²) < 4.78 is 7.92. The fourth-order valence-corrected chi connectivity index (χ4v) is 2.33. The van der Waals surface area contributed by atoms with E-state index in [9.17, 15) is 0 Å². The molecule has 2 rings (SSSR count). The molecule has 0 radical (unpaired) electrons. The van der Waals surface area contributed by atoms with Crippen LogP contribution in [0.1, 0.15) is 24.4 Å². The van der Waals surface area contributed by atoms with E-state index in [1.165, 1.54) is 0 Å². The zero-order chi connectivity index (χ0) is 12.3. The van der Waals surface area contributed by atoms with Crippen LogP contribution in [0.25, 0.3) is 0 Å². The smallest absolute Gasteiger partial charge is 0.173 e. The second-order valence-corrected chi connectivity index (χ2v) is 4.41. The molecule has 0 aliphatic carbocycles. The molecule has 1 unspecified atom stereocenters. The van der Waals surface area contributed by atoms with Gasteiger partial charge < -0.3 is 9.73 Å². The van der Waals surface area contributed by atoms with Gasteiger partial charge in [0.2, 0.25) is 0 Å². The van der Waals surface area contributed by atoms with Crippen molar-refractivity contribution in [2.75, 3.05) is 7.05 Å². The lowest BCUT2D eigenvalue weighted by atomic mass is 10.1. The van der Waals surface area contributed by atoms with Gasteiger partial charge in [0.05, 0.1) is 6.26 Å². The van der Waals surface area contributed by atoms with Gasteiger partial charge in [-0.05, 0) is 36.0 Å². The minimum Gasteiger partial charge on any atom is -0.457 e. The Morgan fingerprint density at radius 2 is 2.41 bits per heavy atom. The summed E-state index contributed by atoms with van der Waals surface area (Å²) in [5.41, 5.74) is 1.10. The van der Waals surface area contributed by atoms with Gasteiger partial charge in [0, 0.05) is 24.6 Å². The average molecular weight is 299 g/mol. The summed E-state index contributed by atoms with van der Waals surface area (Å²) in [7, 11) is 1.93. The summed E-state index contributed by atoms with van der Waals surface area (Å²) in [6, 6.07) is 2.12. The molecule has 0 bridgehead atoms.